The fourth-order valence-electron chi connectivity index (χ4n) is 2.20. The Labute approximate surface area is 134 Å². The largest absolute Gasteiger partial charge is 0.462 e. The second-order valence-electron chi connectivity index (χ2n) is 4.99. The molecule has 0 fully saturated rings. The molecule has 2 rings (SSSR count). The maximum atomic E-state index is 11.7. The van der Waals surface area contributed by atoms with Crippen molar-refractivity contribution in [2.24, 2.45) is 0 Å². The van der Waals surface area contributed by atoms with Crippen LogP contribution in [0.15, 0.2) is 48.5 Å². The molecule has 0 saturated heterocycles. The quantitative estimate of drug-likeness (QED) is 0.496. The van der Waals surface area contributed by atoms with Crippen molar-refractivity contribution in [3.8, 4) is 0 Å². The summed E-state index contributed by atoms with van der Waals surface area (Å²) in [5, 5.41) is 14.4. The highest BCUT2D eigenvalue weighted by atomic mass is 16.6. The highest BCUT2D eigenvalue weighted by Crippen LogP contribution is 2.29. The molecule has 0 aliphatic heterocycles. The lowest BCUT2D eigenvalue weighted by Gasteiger charge is -2.16. The van der Waals surface area contributed by atoms with Crippen LogP contribution in [0.25, 0.3) is 0 Å². The Hall–Kier alpha value is -2.89. The van der Waals surface area contributed by atoms with Crippen LogP contribution in [0.4, 0.5) is 11.4 Å². The normalized spacial score (nSPS) is 11.6. The molecule has 0 aliphatic carbocycles. The summed E-state index contributed by atoms with van der Waals surface area (Å²) < 4.78 is 4.87. The van der Waals surface area contributed by atoms with E-state index in [0.29, 0.717) is 5.69 Å². The van der Waals surface area contributed by atoms with Gasteiger partial charge < -0.3 is 10.1 Å². The molecule has 1 unspecified atom stereocenters. The molecule has 2 aromatic carbocycles. The summed E-state index contributed by atoms with van der Waals surface area (Å²) in [4.78, 5) is 22.5. The second kappa shape index (κ2) is 7.40. The van der Waals surface area contributed by atoms with Crippen molar-refractivity contribution in [2.45, 2.75) is 19.9 Å². The third kappa shape index (κ3) is 4.06. The Morgan fingerprint density at radius 2 is 1.96 bits per heavy atom. The van der Waals surface area contributed by atoms with Crippen LogP contribution in [0.3, 0.4) is 0 Å². The second-order valence-corrected chi connectivity index (χ2v) is 4.99. The van der Waals surface area contributed by atoms with Crippen LogP contribution in [0, 0.1) is 10.1 Å². The lowest BCUT2D eigenvalue weighted by Crippen LogP contribution is -2.10. The molecule has 1 atom stereocenters. The van der Waals surface area contributed by atoms with E-state index < -0.39 is 10.9 Å². The summed E-state index contributed by atoms with van der Waals surface area (Å²) in [5.41, 5.74) is 1.38. The number of benzene rings is 2. The number of carbonyl (C=O) groups is 1. The SMILES string of the molecule is CCOC(=O)c1ccc(NC(C)c2ccccc2)c([N+](=O)[O-])c1. The predicted octanol–water partition coefficient (Wildman–Crippen LogP) is 3.94. The van der Waals surface area contributed by atoms with Crippen LogP contribution in [-0.2, 0) is 4.74 Å². The van der Waals surface area contributed by atoms with E-state index in [9.17, 15) is 14.9 Å². The molecule has 0 saturated carbocycles. The first kappa shape index (κ1) is 16.5. The van der Waals surface area contributed by atoms with Crippen molar-refractivity contribution < 1.29 is 14.5 Å². The van der Waals surface area contributed by atoms with Gasteiger partial charge in [0.25, 0.3) is 5.69 Å². The van der Waals surface area contributed by atoms with Crippen molar-refractivity contribution in [3.63, 3.8) is 0 Å². The number of carbonyl (C=O) groups excluding carboxylic acids is 1. The van der Waals surface area contributed by atoms with Gasteiger partial charge in [0.2, 0.25) is 0 Å². The fraction of sp³-hybridized carbons (Fsp3) is 0.235. The molecule has 0 aromatic heterocycles. The van der Waals surface area contributed by atoms with Crippen LogP contribution < -0.4 is 5.32 Å². The molecule has 2 aromatic rings. The lowest BCUT2D eigenvalue weighted by molar-refractivity contribution is -0.384. The van der Waals surface area contributed by atoms with Gasteiger partial charge in [-0.1, -0.05) is 30.3 Å². The Kier molecular flexibility index (Phi) is 5.30. The van der Waals surface area contributed by atoms with Crippen molar-refractivity contribution >= 4 is 17.3 Å². The number of nitrogens with zero attached hydrogens (tertiary/aromatic N) is 1. The lowest BCUT2D eigenvalue weighted by atomic mass is 10.1. The molecule has 0 aliphatic rings. The van der Waals surface area contributed by atoms with Crippen LogP contribution in [-0.4, -0.2) is 17.5 Å². The van der Waals surface area contributed by atoms with Gasteiger partial charge in [-0.25, -0.2) is 4.79 Å². The highest BCUT2D eigenvalue weighted by Gasteiger charge is 2.19. The number of nitro groups is 1. The minimum atomic E-state index is -0.571. The third-order valence-electron chi connectivity index (χ3n) is 3.38. The summed E-state index contributed by atoms with van der Waals surface area (Å²) in [7, 11) is 0. The topological polar surface area (TPSA) is 81.5 Å². The van der Waals surface area contributed by atoms with E-state index in [1.807, 2.05) is 37.3 Å². The molecule has 0 heterocycles. The maximum absolute atomic E-state index is 11.7. The van der Waals surface area contributed by atoms with Crippen molar-refractivity contribution in [1.29, 1.82) is 0 Å². The van der Waals surface area contributed by atoms with E-state index in [4.69, 9.17) is 4.74 Å². The van der Waals surface area contributed by atoms with Gasteiger partial charge in [-0.05, 0) is 31.5 Å². The number of ether oxygens (including phenoxy) is 1. The smallest absolute Gasteiger partial charge is 0.338 e. The van der Waals surface area contributed by atoms with Crippen molar-refractivity contribution in [1.82, 2.24) is 0 Å². The van der Waals surface area contributed by atoms with Gasteiger partial charge in [0.15, 0.2) is 0 Å². The Morgan fingerprint density at radius 1 is 1.26 bits per heavy atom. The molecule has 0 spiro atoms. The first-order chi connectivity index (χ1) is 11.0. The predicted molar refractivity (Wildman–Crippen MR) is 87.5 cm³/mol. The number of nitro benzene ring substituents is 1. The summed E-state index contributed by atoms with van der Waals surface area (Å²) in [6.07, 6.45) is 0. The molecule has 120 valence electrons. The van der Waals surface area contributed by atoms with Gasteiger partial charge >= 0.3 is 5.97 Å². The fourth-order valence-corrected chi connectivity index (χ4v) is 2.20. The Morgan fingerprint density at radius 3 is 2.57 bits per heavy atom. The van der Waals surface area contributed by atoms with Crippen molar-refractivity contribution in [2.75, 3.05) is 11.9 Å². The minimum absolute atomic E-state index is 0.108. The monoisotopic (exact) mass is 314 g/mol. The maximum Gasteiger partial charge on any atom is 0.338 e. The van der Waals surface area contributed by atoms with Gasteiger partial charge in [-0.2, -0.15) is 0 Å². The van der Waals surface area contributed by atoms with Crippen LogP contribution in [0.5, 0.6) is 0 Å². The van der Waals surface area contributed by atoms with Gasteiger partial charge in [-0.15, -0.1) is 0 Å². The number of rotatable bonds is 6. The molecular formula is C17H18N2O4. The number of anilines is 1. The number of nitrogens with one attached hydrogen (secondary N) is 1. The molecule has 0 bridgehead atoms. The third-order valence-corrected chi connectivity index (χ3v) is 3.38. The first-order valence-corrected chi connectivity index (χ1v) is 7.30. The zero-order valence-electron chi connectivity index (χ0n) is 13.0. The Bertz CT molecular complexity index is 701. The molecule has 1 N–H and O–H groups in total. The van der Waals surface area contributed by atoms with Gasteiger partial charge in [0.1, 0.15) is 5.69 Å². The first-order valence-electron chi connectivity index (χ1n) is 7.30. The number of esters is 1. The van der Waals surface area contributed by atoms with E-state index in [0.717, 1.165) is 5.56 Å². The van der Waals surface area contributed by atoms with Crippen molar-refractivity contribution in [3.05, 3.63) is 69.8 Å². The van der Waals surface area contributed by atoms with Gasteiger partial charge in [0.05, 0.1) is 17.1 Å². The molecule has 0 amide bonds. The zero-order valence-corrected chi connectivity index (χ0v) is 13.0. The average molecular weight is 314 g/mol. The van der Waals surface area contributed by atoms with E-state index in [1.54, 1.807) is 6.92 Å². The van der Waals surface area contributed by atoms with E-state index >= 15 is 0 Å². The van der Waals surface area contributed by atoms with Crippen LogP contribution in [0.2, 0.25) is 0 Å². The number of hydrogen-bond acceptors (Lipinski definition) is 5. The summed E-state index contributed by atoms with van der Waals surface area (Å²) in [5.74, 6) is -0.571. The number of hydrogen-bond donors (Lipinski definition) is 1. The molecular weight excluding hydrogens is 296 g/mol. The summed E-state index contributed by atoms with van der Waals surface area (Å²) in [6.45, 7) is 3.82. The average Bonchev–Trinajstić information content (AvgIpc) is 2.56. The van der Waals surface area contributed by atoms with Gasteiger partial charge in [0, 0.05) is 12.1 Å². The molecule has 23 heavy (non-hydrogen) atoms. The van der Waals surface area contributed by atoms with Gasteiger partial charge in [-0.3, -0.25) is 10.1 Å². The van der Waals surface area contributed by atoms with E-state index in [1.165, 1.54) is 18.2 Å². The molecule has 6 heteroatoms. The van der Waals surface area contributed by atoms with Crippen LogP contribution >= 0.6 is 0 Å². The van der Waals surface area contributed by atoms with E-state index in [-0.39, 0.29) is 23.9 Å². The highest BCUT2D eigenvalue weighted by molar-refractivity contribution is 5.91. The van der Waals surface area contributed by atoms with Crippen LogP contribution in [0.1, 0.15) is 35.8 Å². The minimum Gasteiger partial charge on any atom is -0.462 e. The zero-order chi connectivity index (χ0) is 16.8. The standard InChI is InChI=1S/C17H18N2O4/c1-3-23-17(20)14-9-10-15(16(11-14)19(21)22)18-12(2)13-7-5-4-6-8-13/h4-12,18H,3H2,1-2H3. The Balaban J connectivity index is 2.28. The molecule has 6 nitrogen and oxygen atoms in total. The molecule has 0 radical (unpaired) electrons. The summed E-state index contributed by atoms with van der Waals surface area (Å²) >= 11 is 0. The van der Waals surface area contributed by atoms with E-state index in [2.05, 4.69) is 5.32 Å². The summed E-state index contributed by atoms with van der Waals surface area (Å²) in [6, 6.07) is 13.8.